The van der Waals surface area contributed by atoms with Gasteiger partial charge in [-0.1, -0.05) is 12.1 Å². The van der Waals surface area contributed by atoms with E-state index in [1.165, 1.54) is 18.2 Å². The lowest BCUT2D eigenvalue weighted by atomic mass is 9.99. The number of amides is 2. The van der Waals surface area contributed by atoms with Crippen LogP contribution in [-0.4, -0.2) is 33.1 Å². The molecule has 1 atom stereocenters. The number of rotatable bonds is 4. The third-order valence-electron chi connectivity index (χ3n) is 4.64. The molecule has 2 amide bonds. The maximum Gasteiger partial charge on any atom is 0.418 e. The number of anilines is 1. The van der Waals surface area contributed by atoms with Gasteiger partial charge in [-0.2, -0.15) is 13.2 Å². The third kappa shape index (κ3) is 4.36. The van der Waals surface area contributed by atoms with Gasteiger partial charge in [-0.25, -0.2) is 9.78 Å². The zero-order chi connectivity index (χ0) is 18.6. The van der Waals surface area contributed by atoms with Crippen LogP contribution in [-0.2, 0) is 12.7 Å². The molecule has 0 unspecified atom stereocenters. The predicted octanol–water partition coefficient (Wildman–Crippen LogP) is 4.38. The minimum absolute atomic E-state index is 0.00389. The number of aryl methyl sites for hydroxylation is 1. The van der Waals surface area contributed by atoms with Crippen LogP contribution < -0.4 is 5.32 Å². The molecular formula is C18H21F3N4O. The number of piperidine rings is 1. The van der Waals surface area contributed by atoms with Gasteiger partial charge in [0.15, 0.2) is 0 Å². The lowest BCUT2D eigenvalue weighted by Gasteiger charge is -2.36. The van der Waals surface area contributed by atoms with Crippen LogP contribution in [0.2, 0.25) is 0 Å². The highest BCUT2D eigenvalue weighted by molar-refractivity contribution is 5.90. The molecule has 0 aliphatic carbocycles. The van der Waals surface area contributed by atoms with Crippen molar-refractivity contribution in [2.24, 2.45) is 0 Å². The summed E-state index contributed by atoms with van der Waals surface area (Å²) in [5.74, 6) is 0. The molecule has 1 aliphatic heterocycles. The van der Waals surface area contributed by atoms with Crippen LogP contribution in [0.4, 0.5) is 23.7 Å². The fourth-order valence-corrected chi connectivity index (χ4v) is 3.31. The summed E-state index contributed by atoms with van der Waals surface area (Å²) in [6.45, 7) is 1.27. The largest absolute Gasteiger partial charge is 0.418 e. The molecule has 1 aromatic heterocycles. The Kier molecular flexibility index (Phi) is 5.49. The Morgan fingerprint density at radius 3 is 2.81 bits per heavy atom. The van der Waals surface area contributed by atoms with Gasteiger partial charge in [-0.3, -0.25) is 0 Å². The first-order valence-corrected chi connectivity index (χ1v) is 8.65. The average molecular weight is 366 g/mol. The second-order valence-corrected chi connectivity index (χ2v) is 6.41. The predicted molar refractivity (Wildman–Crippen MR) is 91.7 cm³/mol. The van der Waals surface area contributed by atoms with E-state index in [0.717, 1.165) is 31.7 Å². The molecule has 1 aliphatic rings. The SMILES string of the molecule is O=C(Nc1ccccc1C(F)(F)F)N1CCCC[C@@H]1CCn1ccnc1. The maximum atomic E-state index is 13.1. The molecule has 1 aromatic carbocycles. The van der Waals surface area contributed by atoms with E-state index in [2.05, 4.69) is 10.3 Å². The zero-order valence-corrected chi connectivity index (χ0v) is 14.2. The average Bonchev–Trinajstić information content (AvgIpc) is 3.13. The molecule has 0 spiro atoms. The van der Waals surface area contributed by atoms with Crippen molar-refractivity contribution in [1.82, 2.24) is 14.5 Å². The number of alkyl halides is 3. The number of hydrogen-bond acceptors (Lipinski definition) is 2. The maximum absolute atomic E-state index is 13.1. The summed E-state index contributed by atoms with van der Waals surface area (Å²) in [4.78, 5) is 18.3. The van der Waals surface area contributed by atoms with E-state index in [4.69, 9.17) is 0 Å². The van der Waals surface area contributed by atoms with E-state index in [1.807, 2.05) is 10.8 Å². The van der Waals surface area contributed by atoms with Crippen LogP contribution in [0.25, 0.3) is 0 Å². The number of carbonyl (C=O) groups is 1. The highest BCUT2D eigenvalue weighted by Crippen LogP contribution is 2.35. The van der Waals surface area contributed by atoms with Crippen LogP contribution in [0.5, 0.6) is 0 Å². The van der Waals surface area contributed by atoms with Crippen molar-refractivity contribution in [1.29, 1.82) is 0 Å². The lowest BCUT2D eigenvalue weighted by molar-refractivity contribution is -0.136. The quantitative estimate of drug-likeness (QED) is 0.873. The molecule has 2 heterocycles. The van der Waals surface area contributed by atoms with Crippen molar-refractivity contribution in [3.8, 4) is 0 Å². The number of benzene rings is 1. The van der Waals surface area contributed by atoms with Gasteiger partial charge < -0.3 is 14.8 Å². The van der Waals surface area contributed by atoms with E-state index < -0.39 is 17.8 Å². The normalized spacial score (nSPS) is 18.0. The molecule has 1 N–H and O–H groups in total. The number of aromatic nitrogens is 2. The molecule has 0 bridgehead atoms. The summed E-state index contributed by atoms with van der Waals surface area (Å²) in [6, 6.07) is 4.58. The van der Waals surface area contributed by atoms with Gasteiger partial charge in [0.2, 0.25) is 0 Å². The van der Waals surface area contributed by atoms with Crippen molar-refractivity contribution in [2.45, 2.75) is 44.4 Å². The third-order valence-corrected chi connectivity index (χ3v) is 4.64. The molecule has 1 fully saturated rings. The number of urea groups is 1. The van der Waals surface area contributed by atoms with Gasteiger partial charge >= 0.3 is 12.2 Å². The van der Waals surface area contributed by atoms with Gasteiger partial charge in [0.05, 0.1) is 17.6 Å². The van der Waals surface area contributed by atoms with Crippen molar-refractivity contribution >= 4 is 11.7 Å². The van der Waals surface area contributed by atoms with Crippen molar-refractivity contribution < 1.29 is 18.0 Å². The number of likely N-dealkylation sites (tertiary alicyclic amines) is 1. The summed E-state index contributed by atoms with van der Waals surface area (Å²) < 4.78 is 41.3. The molecule has 3 rings (SSSR count). The molecule has 0 saturated carbocycles. The number of imidazole rings is 1. The molecule has 26 heavy (non-hydrogen) atoms. The Labute approximate surface area is 149 Å². The Morgan fingerprint density at radius 1 is 1.27 bits per heavy atom. The first-order valence-electron chi connectivity index (χ1n) is 8.65. The molecule has 1 saturated heterocycles. The van der Waals surface area contributed by atoms with Crippen LogP contribution in [0.1, 0.15) is 31.2 Å². The summed E-state index contributed by atoms with van der Waals surface area (Å²) >= 11 is 0. The smallest absolute Gasteiger partial charge is 0.337 e. The Balaban J connectivity index is 1.69. The first kappa shape index (κ1) is 18.3. The molecule has 140 valence electrons. The van der Waals surface area contributed by atoms with Gasteiger partial charge in [0, 0.05) is 31.5 Å². The first-order chi connectivity index (χ1) is 12.4. The van der Waals surface area contributed by atoms with E-state index in [9.17, 15) is 18.0 Å². The highest BCUT2D eigenvalue weighted by atomic mass is 19.4. The van der Waals surface area contributed by atoms with Crippen molar-refractivity contribution in [2.75, 3.05) is 11.9 Å². The van der Waals surface area contributed by atoms with E-state index in [0.29, 0.717) is 13.1 Å². The van der Waals surface area contributed by atoms with Crippen LogP contribution in [0, 0.1) is 0 Å². The van der Waals surface area contributed by atoms with Gasteiger partial charge in [0.1, 0.15) is 0 Å². The fourth-order valence-electron chi connectivity index (χ4n) is 3.31. The van der Waals surface area contributed by atoms with Crippen LogP contribution in [0.15, 0.2) is 43.0 Å². The number of para-hydroxylation sites is 1. The minimum Gasteiger partial charge on any atom is -0.337 e. The van der Waals surface area contributed by atoms with Gasteiger partial charge in [-0.05, 0) is 37.8 Å². The van der Waals surface area contributed by atoms with E-state index in [-0.39, 0.29) is 11.7 Å². The van der Waals surface area contributed by atoms with E-state index >= 15 is 0 Å². The second kappa shape index (κ2) is 7.80. The minimum atomic E-state index is -4.51. The standard InChI is InChI=1S/C18H21F3N4O/c19-18(20,21)15-6-1-2-7-16(15)23-17(26)25-10-4-3-5-14(25)8-11-24-12-9-22-13-24/h1-2,6-7,9,12-14H,3-5,8,10-11H2,(H,23,26)/t14-/m1/s1. The monoisotopic (exact) mass is 366 g/mol. The van der Waals surface area contributed by atoms with Crippen LogP contribution >= 0.6 is 0 Å². The summed E-state index contributed by atoms with van der Waals surface area (Å²) in [7, 11) is 0. The highest BCUT2D eigenvalue weighted by Gasteiger charge is 2.34. The second-order valence-electron chi connectivity index (χ2n) is 6.41. The van der Waals surface area contributed by atoms with Gasteiger partial charge in [0.25, 0.3) is 0 Å². The number of carbonyl (C=O) groups excluding carboxylic acids is 1. The summed E-state index contributed by atoms with van der Waals surface area (Å²) in [5.41, 5.74) is -1.04. The zero-order valence-electron chi connectivity index (χ0n) is 14.2. The lowest BCUT2D eigenvalue weighted by Crippen LogP contribution is -2.46. The molecular weight excluding hydrogens is 345 g/mol. The Morgan fingerprint density at radius 2 is 2.08 bits per heavy atom. The van der Waals surface area contributed by atoms with E-state index in [1.54, 1.807) is 17.4 Å². The molecule has 8 heteroatoms. The number of halogens is 3. The topological polar surface area (TPSA) is 50.2 Å². The Bertz CT molecular complexity index is 730. The summed E-state index contributed by atoms with van der Waals surface area (Å²) in [5, 5.41) is 2.46. The molecule has 0 radical (unpaired) electrons. The fraction of sp³-hybridized carbons (Fsp3) is 0.444. The summed E-state index contributed by atoms with van der Waals surface area (Å²) in [6.07, 6.45) is 4.22. The van der Waals surface area contributed by atoms with Crippen molar-refractivity contribution in [3.05, 3.63) is 48.5 Å². The number of nitrogens with one attached hydrogen (secondary N) is 1. The Hall–Kier alpha value is -2.51. The van der Waals surface area contributed by atoms with Crippen molar-refractivity contribution in [3.63, 3.8) is 0 Å². The van der Waals surface area contributed by atoms with Crippen LogP contribution in [0.3, 0.4) is 0 Å². The van der Waals surface area contributed by atoms with Gasteiger partial charge in [-0.15, -0.1) is 0 Å². The number of hydrogen-bond donors (Lipinski definition) is 1. The number of nitrogens with zero attached hydrogens (tertiary/aromatic N) is 3. The molecule has 2 aromatic rings. The molecule has 5 nitrogen and oxygen atoms in total.